The van der Waals surface area contributed by atoms with E-state index >= 15 is 0 Å². The van der Waals surface area contributed by atoms with Crippen molar-refractivity contribution in [3.8, 4) is 5.75 Å². The second kappa shape index (κ2) is 7.42. The van der Waals surface area contributed by atoms with Crippen molar-refractivity contribution < 1.29 is 4.74 Å². The van der Waals surface area contributed by atoms with Crippen molar-refractivity contribution in [2.45, 2.75) is 51.2 Å². The van der Waals surface area contributed by atoms with Gasteiger partial charge in [0.05, 0.1) is 7.11 Å². The Bertz CT molecular complexity index is 898. The molecule has 7 heteroatoms. The molecule has 0 radical (unpaired) electrons. The second-order valence-electron chi connectivity index (χ2n) is 7.16. The first-order chi connectivity index (χ1) is 13.1. The number of nitrogens with one attached hydrogen (secondary N) is 2. The molecule has 1 aromatic carbocycles. The van der Waals surface area contributed by atoms with Crippen LogP contribution in [0.4, 0.5) is 5.95 Å². The molecule has 0 saturated heterocycles. The lowest BCUT2D eigenvalue weighted by molar-refractivity contribution is 0.410. The summed E-state index contributed by atoms with van der Waals surface area (Å²) in [4.78, 5) is 22.0. The first kappa shape index (κ1) is 17.6. The number of guanidine groups is 1. The van der Waals surface area contributed by atoms with Crippen LogP contribution in [0, 0.1) is 6.92 Å². The Morgan fingerprint density at radius 1 is 1.19 bits per heavy atom. The van der Waals surface area contributed by atoms with Crippen LogP contribution >= 0.6 is 0 Å². The van der Waals surface area contributed by atoms with Gasteiger partial charge in [0.2, 0.25) is 11.9 Å². The average Bonchev–Trinajstić information content (AvgIpc) is 2.68. The number of ether oxygens (including phenoxy) is 1. The van der Waals surface area contributed by atoms with Crippen LogP contribution in [0.25, 0.3) is 0 Å². The number of aliphatic imine (C=N–C) groups is 1. The summed E-state index contributed by atoms with van der Waals surface area (Å²) < 4.78 is 6.84. The number of rotatable bonds is 3. The zero-order valence-corrected chi connectivity index (χ0v) is 15.7. The summed E-state index contributed by atoms with van der Waals surface area (Å²) in [6, 6.07) is 9.58. The van der Waals surface area contributed by atoms with Gasteiger partial charge >= 0.3 is 0 Å². The molecule has 4 rings (SSSR count). The van der Waals surface area contributed by atoms with Crippen molar-refractivity contribution in [1.29, 1.82) is 0 Å². The van der Waals surface area contributed by atoms with Crippen LogP contribution in [0.15, 0.2) is 40.1 Å². The highest BCUT2D eigenvalue weighted by atomic mass is 16.5. The van der Waals surface area contributed by atoms with Gasteiger partial charge in [0.1, 0.15) is 5.75 Å². The number of hydrogen-bond acceptors (Lipinski definition) is 6. The summed E-state index contributed by atoms with van der Waals surface area (Å²) in [6.07, 6.45) is 5.59. The zero-order chi connectivity index (χ0) is 18.8. The quantitative estimate of drug-likeness (QED) is 0.872. The topological polar surface area (TPSA) is 80.5 Å². The predicted octanol–water partition coefficient (Wildman–Crippen LogP) is 2.81. The lowest BCUT2D eigenvalue weighted by atomic mass is 9.96. The molecule has 1 aromatic heterocycles. The number of fused-ring (bicyclic) bond motifs is 1. The Hall–Kier alpha value is -2.83. The van der Waals surface area contributed by atoms with E-state index in [0.29, 0.717) is 23.6 Å². The average molecular weight is 367 g/mol. The Kier molecular flexibility index (Phi) is 4.83. The maximum absolute atomic E-state index is 12.7. The number of hydrogen-bond donors (Lipinski definition) is 2. The summed E-state index contributed by atoms with van der Waals surface area (Å²) in [5.41, 5.74) is 1.48. The van der Waals surface area contributed by atoms with Crippen molar-refractivity contribution in [1.82, 2.24) is 14.9 Å². The molecule has 0 spiro atoms. The number of aryl methyl sites for hydroxylation is 1. The summed E-state index contributed by atoms with van der Waals surface area (Å²) in [6.45, 7) is 1.83. The van der Waals surface area contributed by atoms with Gasteiger partial charge in [-0.3, -0.25) is 14.7 Å². The first-order valence-electron chi connectivity index (χ1n) is 9.49. The lowest BCUT2D eigenvalue weighted by Gasteiger charge is -2.30. The molecule has 1 fully saturated rings. The minimum absolute atomic E-state index is 0.119. The van der Waals surface area contributed by atoms with Crippen molar-refractivity contribution in [2.75, 3.05) is 12.4 Å². The van der Waals surface area contributed by atoms with E-state index in [4.69, 9.17) is 9.73 Å². The Labute approximate surface area is 158 Å². The number of benzene rings is 1. The lowest BCUT2D eigenvalue weighted by Crippen LogP contribution is -2.45. The van der Waals surface area contributed by atoms with Crippen molar-refractivity contribution in [3.63, 3.8) is 0 Å². The normalized spacial score (nSPS) is 19.6. The molecule has 27 heavy (non-hydrogen) atoms. The summed E-state index contributed by atoms with van der Waals surface area (Å²) in [7, 11) is 1.64. The summed E-state index contributed by atoms with van der Waals surface area (Å²) >= 11 is 0. The van der Waals surface area contributed by atoms with Crippen molar-refractivity contribution in [3.05, 3.63) is 51.9 Å². The van der Waals surface area contributed by atoms with Gasteiger partial charge in [-0.1, -0.05) is 31.4 Å². The van der Waals surface area contributed by atoms with Crippen molar-refractivity contribution in [2.24, 2.45) is 4.99 Å². The van der Waals surface area contributed by atoms with Crippen LogP contribution in [-0.4, -0.2) is 28.7 Å². The maximum Gasteiger partial charge on any atom is 0.257 e. The first-order valence-corrected chi connectivity index (χ1v) is 9.49. The highest BCUT2D eigenvalue weighted by molar-refractivity contribution is 5.93. The van der Waals surface area contributed by atoms with Gasteiger partial charge in [0.15, 0.2) is 6.17 Å². The molecule has 0 amide bonds. The van der Waals surface area contributed by atoms with E-state index in [1.54, 1.807) is 11.7 Å². The minimum atomic E-state index is -0.459. The zero-order valence-electron chi connectivity index (χ0n) is 15.7. The fraction of sp³-hybridized carbons (Fsp3) is 0.450. The van der Waals surface area contributed by atoms with E-state index in [1.807, 2.05) is 31.2 Å². The second-order valence-corrected chi connectivity index (χ2v) is 7.16. The summed E-state index contributed by atoms with van der Waals surface area (Å²) in [5.74, 6) is 1.97. The van der Waals surface area contributed by atoms with E-state index in [9.17, 15) is 4.79 Å². The summed E-state index contributed by atoms with van der Waals surface area (Å²) in [5, 5.41) is 6.73. The van der Waals surface area contributed by atoms with Gasteiger partial charge in [0, 0.05) is 17.8 Å². The Morgan fingerprint density at radius 3 is 2.63 bits per heavy atom. The molecule has 7 nitrogen and oxygen atoms in total. The third kappa shape index (κ3) is 3.67. The van der Waals surface area contributed by atoms with Crippen LogP contribution in [-0.2, 0) is 0 Å². The number of nitrogens with zero attached hydrogens (tertiary/aromatic N) is 3. The molecule has 0 unspecified atom stereocenters. The third-order valence-electron chi connectivity index (χ3n) is 5.17. The standard InChI is InChI=1S/C20H25N5O2/c1-13-12-17(26)25-18(14-8-10-16(27-2)11-9-14)23-19(24-20(25)21-13)22-15-6-4-3-5-7-15/h8-12,15,18H,3-7H2,1-2H3,(H2,21,22,23,24)/t18-/m1/s1. The fourth-order valence-corrected chi connectivity index (χ4v) is 3.76. The largest absolute Gasteiger partial charge is 0.497 e. The van der Waals surface area contributed by atoms with Gasteiger partial charge in [-0.05, 0) is 37.5 Å². The van der Waals surface area contributed by atoms with E-state index in [2.05, 4.69) is 15.6 Å². The van der Waals surface area contributed by atoms with E-state index in [0.717, 1.165) is 24.2 Å². The Morgan fingerprint density at radius 2 is 1.93 bits per heavy atom. The number of methoxy groups -OCH3 is 1. The Balaban J connectivity index is 1.71. The van der Waals surface area contributed by atoms with Crippen LogP contribution in [0.2, 0.25) is 0 Å². The minimum Gasteiger partial charge on any atom is -0.497 e. The van der Waals surface area contributed by atoms with Gasteiger partial charge in [-0.2, -0.15) is 0 Å². The highest BCUT2D eigenvalue weighted by Crippen LogP contribution is 2.27. The molecule has 0 bridgehead atoms. The number of aromatic nitrogens is 2. The molecular formula is C20H25N5O2. The highest BCUT2D eigenvalue weighted by Gasteiger charge is 2.26. The molecule has 2 aliphatic rings. The molecule has 1 aliphatic heterocycles. The maximum atomic E-state index is 12.7. The van der Waals surface area contributed by atoms with Crippen LogP contribution in [0.5, 0.6) is 5.75 Å². The van der Waals surface area contributed by atoms with Crippen LogP contribution in [0.3, 0.4) is 0 Å². The molecule has 2 N–H and O–H groups in total. The predicted molar refractivity (Wildman–Crippen MR) is 105 cm³/mol. The molecule has 142 valence electrons. The molecule has 2 aromatic rings. The van der Waals surface area contributed by atoms with Crippen LogP contribution in [0.1, 0.15) is 49.5 Å². The van der Waals surface area contributed by atoms with Crippen LogP contribution < -0.4 is 20.9 Å². The molecule has 1 aliphatic carbocycles. The van der Waals surface area contributed by atoms with E-state index in [1.165, 1.54) is 25.3 Å². The van der Waals surface area contributed by atoms with Gasteiger partial charge in [0.25, 0.3) is 5.56 Å². The van der Waals surface area contributed by atoms with Gasteiger partial charge in [-0.15, -0.1) is 0 Å². The molecule has 1 saturated carbocycles. The van der Waals surface area contributed by atoms with Gasteiger partial charge in [-0.25, -0.2) is 9.98 Å². The molecule has 2 heterocycles. The van der Waals surface area contributed by atoms with Gasteiger partial charge < -0.3 is 10.1 Å². The SMILES string of the molecule is COc1ccc([C@@H]2N=C(NC3CCCCC3)Nc3nc(C)cc(=O)n32)cc1. The monoisotopic (exact) mass is 367 g/mol. The third-order valence-corrected chi connectivity index (χ3v) is 5.17. The van der Waals surface area contributed by atoms with E-state index in [-0.39, 0.29) is 5.56 Å². The number of anilines is 1. The molecular weight excluding hydrogens is 342 g/mol. The fourth-order valence-electron chi connectivity index (χ4n) is 3.76. The molecule has 1 atom stereocenters. The van der Waals surface area contributed by atoms with E-state index < -0.39 is 6.17 Å². The smallest absolute Gasteiger partial charge is 0.257 e. The van der Waals surface area contributed by atoms with Crippen molar-refractivity contribution >= 4 is 11.9 Å².